The second kappa shape index (κ2) is 7.58. The molecule has 2 aromatic carbocycles. The topological polar surface area (TPSA) is 55.0 Å². The Kier molecular flexibility index (Phi) is 5.01. The quantitative estimate of drug-likeness (QED) is 0.469. The molecular weight excluding hydrogens is 376 g/mol. The molecule has 0 bridgehead atoms. The van der Waals surface area contributed by atoms with Crippen molar-refractivity contribution in [1.82, 2.24) is 9.97 Å². The van der Waals surface area contributed by atoms with Crippen LogP contribution in [0, 0.1) is 6.92 Å². The number of nitrogens with one attached hydrogen (secondary N) is 1. The number of rotatable bonds is 5. The Hall–Kier alpha value is -2.57. The maximum Gasteiger partial charge on any atom is 0.268 e. The van der Waals surface area contributed by atoms with E-state index < -0.39 is 0 Å². The fraction of sp³-hybridized carbons (Fsp3) is 0.143. The largest absolute Gasteiger partial charge is 0.497 e. The van der Waals surface area contributed by atoms with Crippen molar-refractivity contribution in [2.45, 2.75) is 17.6 Å². The molecule has 4 aromatic rings. The number of hydrogen-bond donors (Lipinski definition) is 1. The van der Waals surface area contributed by atoms with Crippen LogP contribution >= 0.6 is 23.1 Å². The Morgan fingerprint density at radius 3 is 2.56 bits per heavy atom. The van der Waals surface area contributed by atoms with Crippen LogP contribution in [-0.4, -0.2) is 17.1 Å². The van der Waals surface area contributed by atoms with E-state index in [4.69, 9.17) is 4.74 Å². The van der Waals surface area contributed by atoms with Crippen molar-refractivity contribution in [3.05, 3.63) is 76.3 Å². The lowest BCUT2D eigenvalue weighted by molar-refractivity contribution is 0.415. The van der Waals surface area contributed by atoms with Crippen LogP contribution in [0.1, 0.15) is 11.4 Å². The molecule has 4 nitrogen and oxygen atoms in total. The fourth-order valence-corrected chi connectivity index (χ4v) is 4.51. The molecule has 1 N–H and O–H groups in total. The van der Waals surface area contributed by atoms with Crippen molar-refractivity contribution in [1.29, 1.82) is 0 Å². The normalized spacial score (nSPS) is 11.0. The molecule has 0 unspecified atom stereocenters. The van der Waals surface area contributed by atoms with E-state index in [9.17, 15) is 4.79 Å². The van der Waals surface area contributed by atoms with Crippen molar-refractivity contribution >= 4 is 33.3 Å². The predicted molar refractivity (Wildman–Crippen MR) is 113 cm³/mol. The molecule has 136 valence electrons. The molecule has 2 heterocycles. The van der Waals surface area contributed by atoms with Crippen LogP contribution < -0.4 is 10.3 Å². The van der Waals surface area contributed by atoms with Gasteiger partial charge < -0.3 is 9.72 Å². The highest BCUT2D eigenvalue weighted by Crippen LogP contribution is 2.32. The molecule has 2 aromatic heterocycles. The summed E-state index contributed by atoms with van der Waals surface area (Å²) >= 11 is 3.12. The van der Waals surface area contributed by atoms with Gasteiger partial charge in [-0.25, -0.2) is 4.98 Å². The number of methoxy groups -OCH3 is 1. The lowest BCUT2D eigenvalue weighted by atomic mass is 10.2. The zero-order chi connectivity index (χ0) is 18.8. The van der Waals surface area contributed by atoms with Gasteiger partial charge in [0.15, 0.2) is 0 Å². The maximum atomic E-state index is 12.5. The average Bonchev–Trinajstić information content (AvgIpc) is 3.12. The first kappa shape index (κ1) is 17.8. The Balaban J connectivity index is 1.60. The number of ether oxygens (including phenoxy) is 1. The number of hydrogen-bond acceptors (Lipinski definition) is 5. The van der Waals surface area contributed by atoms with Crippen LogP contribution in [-0.2, 0) is 5.75 Å². The minimum atomic E-state index is -0.0794. The molecule has 0 radical (unpaired) electrons. The van der Waals surface area contributed by atoms with E-state index in [-0.39, 0.29) is 5.56 Å². The van der Waals surface area contributed by atoms with Gasteiger partial charge in [-0.2, -0.15) is 0 Å². The lowest BCUT2D eigenvalue weighted by Crippen LogP contribution is -2.09. The van der Waals surface area contributed by atoms with Crippen LogP contribution in [0.5, 0.6) is 5.75 Å². The van der Waals surface area contributed by atoms with E-state index in [2.05, 4.69) is 41.2 Å². The van der Waals surface area contributed by atoms with E-state index in [0.29, 0.717) is 16.3 Å². The number of thioether (sulfide) groups is 1. The van der Waals surface area contributed by atoms with Crippen molar-refractivity contribution in [2.24, 2.45) is 0 Å². The second-order valence-electron chi connectivity index (χ2n) is 6.17. The zero-order valence-electron chi connectivity index (χ0n) is 15.0. The predicted octanol–water partition coefficient (Wildman–Crippen LogP) is 5.26. The number of nitrogens with zero attached hydrogens (tertiary/aromatic N) is 1. The van der Waals surface area contributed by atoms with E-state index in [1.54, 1.807) is 18.9 Å². The molecule has 0 atom stereocenters. The Labute approximate surface area is 165 Å². The average molecular weight is 395 g/mol. The molecule has 0 saturated carbocycles. The van der Waals surface area contributed by atoms with Crippen LogP contribution in [0.4, 0.5) is 0 Å². The highest BCUT2D eigenvalue weighted by atomic mass is 32.2. The Morgan fingerprint density at radius 2 is 1.85 bits per heavy atom. The molecule has 0 aliphatic rings. The molecule has 0 amide bonds. The minimum Gasteiger partial charge on any atom is -0.497 e. The molecular formula is C21H18N2O2S2. The van der Waals surface area contributed by atoms with Gasteiger partial charge in [0.05, 0.1) is 18.4 Å². The van der Waals surface area contributed by atoms with Gasteiger partial charge in [0, 0.05) is 9.77 Å². The fourth-order valence-electron chi connectivity index (χ4n) is 2.74. The van der Waals surface area contributed by atoms with Crippen LogP contribution in [0.25, 0.3) is 20.7 Å². The van der Waals surface area contributed by atoms with Crippen LogP contribution in [0.2, 0.25) is 0 Å². The van der Waals surface area contributed by atoms with E-state index in [1.165, 1.54) is 16.9 Å². The molecule has 0 saturated heterocycles. The molecule has 0 fully saturated rings. The molecule has 4 rings (SSSR count). The molecule has 0 aliphatic heterocycles. The summed E-state index contributed by atoms with van der Waals surface area (Å²) in [6.07, 6.45) is 0. The highest BCUT2D eigenvalue weighted by Gasteiger charge is 2.11. The first-order valence-electron chi connectivity index (χ1n) is 8.49. The van der Waals surface area contributed by atoms with Gasteiger partial charge in [-0.15, -0.1) is 23.1 Å². The van der Waals surface area contributed by atoms with Crippen molar-refractivity contribution in [2.75, 3.05) is 7.11 Å². The van der Waals surface area contributed by atoms with Gasteiger partial charge in [-0.05, 0) is 55.0 Å². The summed E-state index contributed by atoms with van der Waals surface area (Å²) in [5.41, 5.74) is 2.95. The van der Waals surface area contributed by atoms with Gasteiger partial charge in [-0.3, -0.25) is 4.79 Å². The molecule has 6 heteroatoms. The first-order chi connectivity index (χ1) is 13.1. The van der Waals surface area contributed by atoms with E-state index in [0.717, 1.165) is 26.6 Å². The van der Waals surface area contributed by atoms with E-state index >= 15 is 0 Å². The van der Waals surface area contributed by atoms with Gasteiger partial charge in [-0.1, -0.05) is 17.7 Å². The Bertz CT molecular complexity index is 1130. The highest BCUT2D eigenvalue weighted by molar-refractivity contribution is 7.98. The van der Waals surface area contributed by atoms with Gasteiger partial charge >= 0.3 is 0 Å². The number of aromatic amines is 1. The van der Waals surface area contributed by atoms with Crippen LogP contribution in [0.3, 0.4) is 0 Å². The summed E-state index contributed by atoms with van der Waals surface area (Å²) in [5, 5.41) is 0. The lowest BCUT2D eigenvalue weighted by Gasteiger charge is -2.02. The van der Waals surface area contributed by atoms with Gasteiger partial charge in [0.25, 0.3) is 5.56 Å². The summed E-state index contributed by atoms with van der Waals surface area (Å²) in [5.74, 6) is 2.13. The third-order valence-electron chi connectivity index (χ3n) is 4.20. The van der Waals surface area contributed by atoms with Crippen LogP contribution in [0.15, 0.2) is 64.3 Å². The number of H-pyrrole nitrogens is 1. The maximum absolute atomic E-state index is 12.5. The zero-order valence-corrected chi connectivity index (χ0v) is 16.6. The summed E-state index contributed by atoms with van der Waals surface area (Å²) < 4.78 is 5.86. The molecule has 0 spiro atoms. The number of aryl methyl sites for hydroxylation is 1. The number of thiophene rings is 1. The van der Waals surface area contributed by atoms with Gasteiger partial charge in [0.2, 0.25) is 0 Å². The summed E-state index contributed by atoms with van der Waals surface area (Å²) in [7, 11) is 1.65. The van der Waals surface area contributed by atoms with Crippen molar-refractivity contribution in [3.63, 3.8) is 0 Å². The third kappa shape index (κ3) is 3.91. The minimum absolute atomic E-state index is 0.0794. The number of fused-ring (bicyclic) bond motifs is 1. The molecule has 0 aliphatic carbocycles. The third-order valence-corrected chi connectivity index (χ3v) is 6.40. The number of aromatic nitrogens is 2. The standard InChI is InChI=1S/C21H18N2O2S2/c1-13-3-9-16(10-4-13)26-12-19-22-17-11-18(27-20(17)21(24)23-19)14-5-7-15(25-2)8-6-14/h3-11H,12H2,1-2H3,(H,22,23,24). The van der Waals surface area contributed by atoms with Gasteiger partial charge in [0.1, 0.15) is 16.3 Å². The molecule has 27 heavy (non-hydrogen) atoms. The van der Waals surface area contributed by atoms with Crippen molar-refractivity contribution < 1.29 is 4.74 Å². The first-order valence-corrected chi connectivity index (χ1v) is 10.3. The smallest absolute Gasteiger partial charge is 0.268 e. The SMILES string of the molecule is COc1ccc(-c2cc3nc(CSc4ccc(C)cc4)[nH]c(=O)c3s2)cc1. The summed E-state index contributed by atoms with van der Waals surface area (Å²) in [4.78, 5) is 22.2. The Morgan fingerprint density at radius 1 is 1.11 bits per heavy atom. The second-order valence-corrected chi connectivity index (χ2v) is 8.27. The number of benzene rings is 2. The monoisotopic (exact) mass is 394 g/mol. The van der Waals surface area contributed by atoms with Crippen molar-refractivity contribution in [3.8, 4) is 16.2 Å². The summed E-state index contributed by atoms with van der Waals surface area (Å²) in [6.45, 7) is 2.07. The van der Waals surface area contributed by atoms with E-state index in [1.807, 2.05) is 30.3 Å². The summed E-state index contributed by atoms with van der Waals surface area (Å²) in [6, 6.07) is 18.1.